The number of nitrogens with zero attached hydrogens (tertiary/aromatic N) is 1. The zero-order chi connectivity index (χ0) is 16.5. The molecule has 124 valence electrons. The minimum atomic E-state index is -0.291. The summed E-state index contributed by atoms with van der Waals surface area (Å²) in [5.41, 5.74) is 0.496. The molecule has 1 aromatic heterocycles. The van der Waals surface area contributed by atoms with E-state index in [9.17, 15) is 14.4 Å². The average Bonchev–Trinajstić information content (AvgIpc) is 2.59. The molecule has 0 bridgehead atoms. The summed E-state index contributed by atoms with van der Waals surface area (Å²) in [5.74, 6) is -0.579. The molecule has 2 rings (SSSR count). The molecule has 0 unspecified atom stereocenters. The van der Waals surface area contributed by atoms with E-state index in [0.29, 0.717) is 5.56 Å². The summed E-state index contributed by atoms with van der Waals surface area (Å²) in [6.45, 7) is -0.0313. The van der Waals surface area contributed by atoms with Crippen LogP contribution >= 0.6 is 0 Å². The van der Waals surface area contributed by atoms with Crippen LogP contribution in [0.2, 0.25) is 0 Å². The Kier molecular flexibility index (Phi) is 6.72. The molecule has 1 aliphatic rings. The monoisotopic (exact) mass is 317 g/mol. The summed E-state index contributed by atoms with van der Waals surface area (Å²) in [5, 5.41) is 5.50. The molecule has 0 aromatic carbocycles. The van der Waals surface area contributed by atoms with Gasteiger partial charge in [-0.1, -0.05) is 19.3 Å². The second-order valence-electron chi connectivity index (χ2n) is 5.84. The summed E-state index contributed by atoms with van der Waals surface area (Å²) in [6, 6.07) is 3.59. The number of carbonyl (C=O) groups is 3. The second-order valence-corrected chi connectivity index (χ2v) is 5.84. The summed E-state index contributed by atoms with van der Waals surface area (Å²) < 4.78 is 0. The van der Waals surface area contributed by atoms with Gasteiger partial charge in [0.25, 0.3) is 0 Å². The molecule has 0 spiro atoms. The van der Waals surface area contributed by atoms with Crippen LogP contribution in [0.4, 0.5) is 0 Å². The van der Waals surface area contributed by atoms with Gasteiger partial charge in [0, 0.05) is 36.8 Å². The Morgan fingerprint density at radius 2 is 1.87 bits per heavy atom. The van der Waals surface area contributed by atoms with Crippen molar-refractivity contribution in [1.29, 1.82) is 0 Å². The first-order valence-corrected chi connectivity index (χ1v) is 8.14. The number of aromatic nitrogens is 1. The SMILES string of the molecule is O=C(CCC(=O)c1cccnc1)NCC(=O)NC1CCCCC1. The van der Waals surface area contributed by atoms with Gasteiger partial charge in [-0.05, 0) is 25.0 Å². The predicted octanol–water partition coefficient (Wildman–Crippen LogP) is 1.61. The third-order valence-corrected chi connectivity index (χ3v) is 3.98. The smallest absolute Gasteiger partial charge is 0.239 e. The number of hydrogen-bond donors (Lipinski definition) is 2. The normalized spacial score (nSPS) is 15.0. The molecule has 2 N–H and O–H groups in total. The van der Waals surface area contributed by atoms with Crippen LogP contribution in [0.3, 0.4) is 0 Å². The first-order valence-electron chi connectivity index (χ1n) is 8.14. The molecule has 1 aromatic rings. The van der Waals surface area contributed by atoms with E-state index < -0.39 is 0 Å². The maximum Gasteiger partial charge on any atom is 0.239 e. The molecule has 1 aliphatic carbocycles. The lowest BCUT2D eigenvalue weighted by molar-refractivity contribution is -0.126. The van der Waals surface area contributed by atoms with Crippen molar-refractivity contribution in [2.24, 2.45) is 0 Å². The Hall–Kier alpha value is -2.24. The van der Waals surface area contributed by atoms with Gasteiger partial charge >= 0.3 is 0 Å². The Labute approximate surface area is 136 Å². The maximum atomic E-state index is 11.9. The molecule has 2 amide bonds. The summed E-state index contributed by atoms with van der Waals surface area (Å²) in [4.78, 5) is 39.2. The minimum absolute atomic E-state index is 0.0313. The molecule has 0 saturated heterocycles. The summed E-state index contributed by atoms with van der Waals surface area (Å²) in [6.07, 6.45) is 8.81. The summed E-state index contributed by atoms with van der Waals surface area (Å²) in [7, 11) is 0. The number of carbonyl (C=O) groups excluding carboxylic acids is 3. The largest absolute Gasteiger partial charge is 0.352 e. The molecule has 6 nitrogen and oxygen atoms in total. The van der Waals surface area contributed by atoms with Crippen LogP contribution in [0.5, 0.6) is 0 Å². The fourth-order valence-electron chi connectivity index (χ4n) is 2.69. The van der Waals surface area contributed by atoms with Gasteiger partial charge in [0.05, 0.1) is 6.54 Å². The third-order valence-electron chi connectivity index (χ3n) is 3.98. The van der Waals surface area contributed by atoms with E-state index in [0.717, 1.165) is 25.7 Å². The molecule has 1 heterocycles. The highest BCUT2D eigenvalue weighted by molar-refractivity contribution is 5.97. The number of Topliss-reactive ketones (excluding diaryl/α,β-unsaturated/α-hetero) is 1. The van der Waals surface area contributed by atoms with E-state index in [4.69, 9.17) is 0 Å². The quantitative estimate of drug-likeness (QED) is 0.748. The predicted molar refractivity (Wildman–Crippen MR) is 85.8 cm³/mol. The van der Waals surface area contributed by atoms with E-state index >= 15 is 0 Å². The van der Waals surface area contributed by atoms with E-state index in [1.54, 1.807) is 18.3 Å². The van der Waals surface area contributed by atoms with Crippen molar-refractivity contribution in [3.8, 4) is 0 Å². The number of rotatable bonds is 7. The lowest BCUT2D eigenvalue weighted by Crippen LogP contribution is -2.42. The molecule has 23 heavy (non-hydrogen) atoms. The molecule has 6 heteroatoms. The van der Waals surface area contributed by atoms with Crippen molar-refractivity contribution in [3.05, 3.63) is 30.1 Å². The van der Waals surface area contributed by atoms with Gasteiger partial charge < -0.3 is 10.6 Å². The van der Waals surface area contributed by atoms with Crippen LogP contribution in [-0.2, 0) is 9.59 Å². The molecule has 0 atom stereocenters. The molecular formula is C17H23N3O3. The Bertz CT molecular complexity index is 539. The highest BCUT2D eigenvalue weighted by Gasteiger charge is 2.16. The number of nitrogens with one attached hydrogen (secondary N) is 2. The van der Waals surface area contributed by atoms with Crippen LogP contribution in [0, 0.1) is 0 Å². The topological polar surface area (TPSA) is 88.2 Å². The number of hydrogen-bond acceptors (Lipinski definition) is 4. The van der Waals surface area contributed by atoms with Crippen molar-refractivity contribution in [2.75, 3.05) is 6.54 Å². The Balaban J connectivity index is 1.62. The van der Waals surface area contributed by atoms with Gasteiger partial charge in [-0.3, -0.25) is 19.4 Å². The lowest BCUT2D eigenvalue weighted by atomic mass is 9.95. The van der Waals surface area contributed by atoms with Gasteiger partial charge in [0.1, 0.15) is 0 Å². The molecule has 1 fully saturated rings. The first kappa shape index (κ1) is 17.1. The number of pyridine rings is 1. The minimum Gasteiger partial charge on any atom is -0.352 e. The Morgan fingerprint density at radius 3 is 2.57 bits per heavy atom. The molecule has 0 radical (unpaired) electrons. The molecule has 0 aliphatic heterocycles. The van der Waals surface area contributed by atoms with Crippen molar-refractivity contribution < 1.29 is 14.4 Å². The maximum absolute atomic E-state index is 11.9. The molecule has 1 saturated carbocycles. The fraction of sp³-hybridized carbons (Fsp3) is 0.529. The van der Waals surface area contributed by atoms with Crippen LogP contribution < -0.4 is 10.6 Å². The molecular weight excluding hydrogens is 294 g/mol. The van der Waals surface area contributed by atoms with E-state index in [1.807, 2.05) is 0 Å². The van der Waals surface area contributed by atoms with Gasteiger partial charge in [-0.2, -0.15) is 0 Å². The second kappa shape index (κ2) is 9.02. The number of ketones is 1. The zero-order valence-corrected chi connectivity index (χ0v) is 13.2. The first-order chi connectivity index (χ1) is 11.1. The van der Waals surface area contributed by atoms with Gasteiger partial charge in [-0.25, -0.2) is 0 Å². The Morgan fingerprint density at radius 1 is 1.09 bits per heavy atom. The fourth-order valence-corrected chi connectivity index (χ4v) is 2.69. The lowest BCUT2D eigenvalue weighted by Gasteiger charge is -2.22. The standard InChI is InChI=1S/C17H23N3O3/c21-15(13-5-4-10-18-11-13)8-9-16(22)19-12-17(23)20-14-6-2-1-3-7-14/h4-5,10-11,14H,1-3,6-9,12H2,(H,19,22)(H,20,23). The van der Waals surface area contributed by atoms with Crippen molar-refractivity contribution >= 4 is 17.6 Å². The van der Waals surface area contributed by atoms with Gasteiger partial charge in [-0.15, -0.1) is 0 Å². The highest BCUT2D eigenvalue weighted by Crippen LogP contribution is 2.17. The van der Waals surface area contributed by atoms with Gasteiger partial charge in [0.15, 0.2) is 5.78 Å². The van der Waals surface area contributed by atoms with E-state index in [-0.39, 0.29) is 43.0 Å². The van der Waals surface area contributed by atoms with E-state index in [2.05, 4.69) is 15.6 Å². The van der Waals surface area contributed by atoms with Crippen molar-refractivity contribution in [3.63, 3.8) is 0 Å². The van der Waals surface area contributed by atoms with Gasteiger partial charge in [0.2, 0.25) is 11.8 Å². The van der Waals surface area contributed by atoms with Crippen molar-refractivity contribution in [2.45, 2.75) is 51.0 Å². The zero-order valence-electron chi connectivity index (χ0n) is 13.2. The van der Waals surface area contributed by atoms with Crippen LogP contribution in [0.15, 0.2) is 24.5 Å². The van der Waals surface area contributed by atoms with Crippen LogP contribution in [0.25, 0.3) is 0 Å². The summed E-state index contributed by atoms with van der Waals surface area (Å²) >= 11 is 0. The average molecular weight is 317 g/mol. The number of amides is 2. The highest BCUT2D eigenvalue weighted by atomic mass is 16.2. The van der Waals surface area contributed by atoms with Crippen LogP contribution in [-0.4, -0.2) is 35.2 Å². The third kappa shape index (κ3) is 6.18. The van der Waals surface area contributed by atoms with Crippen LogP contribution in [0.1, 0.15) is 55.3 Å². The van der Waals surface area contributed by atoms with E-state index in [1.165, 1.54) is 12.6 Å². The van der Waals surface area contributed by atoms with Crippen molar-refractivity contribution in [1.82, 2.24) is 15.6 Å².